The molecule has 4 rings (SSSR count). The Morgan fingerprint density at radius 1 is 0.864 bits per heavy atom. The molecule has 0 radical (unpaired) electrons. The number of aromatic hydroxyl groups is 1. The van der Waals surface area contributed by atoms with Gasteiger partial charge in [0.05, 0.1) is 0 Å². The van der Waals surface area contributed by atoms with Crippen LogP contribution in [0.25, 0.3) is 10.8 Å². The number of carbonyl (C=O) groups is 3. The molecule has 0 aliphatic carbocycles. The largest absolute Gasteiger partial charge is 0.508 e. The third kappa shape index (κ3) is 8.37. The zero-order chi connectivity index (χ0) is 32.0. The predicted octanol–water partition coefficient (Wildman–Crippen LogP) is 6.91. The van der Waals surface area contributed by atoms with Crippen LogP contribution in [-0.4, -0.2) is 45.6 Å². The van der Waals surface area contributed by atoms with E-state index in [4.69, 9.17) is 4.74 Å². The first-order valence-corrected chi connectivity index (χ1v) is 14.8. The summed E-state index contributed by atoms with van der Waals surface area (Å²) in [6.45, 7) is 10.9. The van der Waals surface area contributed by atoms with Gasteiger partial charge in [0.15, 0.2) is 0 Å². The minimum absolute atomic E-state index is 0.0883. The van der Waals surface area contributed by atoms with E-state index < -0.39 is 35.7 Å². The van der Waals surface area contributed by atoms with Crippen molar-refractivity contribution in [3.05, 3.63) is 108 Å². The minimum atomic E-state index is -1.06. The van der Waals surface area contributed by atoms with Crippen LogP contribution in [-0.2, 0) is 20.7 Å². The number of hydrogen-bond acceptors (Lipinski definition) is 5. The van der Waals surface area contributed by atoms with Gasteiger partial charge in [-0.05, 0) is 87.7 Å². The molecule has 230 valence electrons. The van der Waals surface area contributed by atoms with Crippen LogP contribution in [0.2, 0.25) is 0 Å². The maximum Gasteiger partial charge on any atom is 0.408 e. The van der Waals surface area contributed by atoms with E-state index in [2.05, 4.69) is 10.6 Å². The van der Waals surface area contributed by atoms with Gasteiger partial charge in [-0.25, -0.2) is 4.79 Å². The van der Waals surface area contributed by atoms with Gasteiger partial charge in [-0.15, -0.1) is 0 Å². The highest BCUT2D eigenvalue weighted by atomic mass is 16.6. The summed E-state index contributed by atoms with van der Waals surface area (Å²) in [7, 11) is 0. The van der Waals surface area contributed by atoms with Gasteiger partial charge in [0.25, 0.3) is 5.91 Å². The molecule has 8 heteroatoms. The van der Waals surface area contributed by atoms with E-state index in [1.165, 1.54) is 17.0 Å². The van der Waals surface area contributed by atoms with Crippen molar-refractivity contribution in [2.24, 2.45) is 0 Å². The number of benzene rings is 4. The fourth-order valence-electron chi connectivity index (χ4n) is 5.04. The number of carbonyl (C=O) groups excluding carboxylic acids is 3. The first-order valence-electron chi connectivity index (χ1n) is 14.8. The van der Waals surface area contributed by atoms with Gasteiger partial charge in [0, 0.05) is 18.2 Å². The van der Waals surface area contributed by atoms with Crippen LogP contribution in [0.1, 0.15) is 57.4 Å². The quantitative estimate of drug-likeness (QED) is 0.195. The van der Waals surface area contributed by atoms with Crippen molar-refractivity contribution in [1.29, 1.82) is 0 Å². The first kappa shape index (κ1) is 32.1. The first-order chi connectivity index (χ1) is 20.8. The van der Waals surface area contributed by atoms with Gasteiger partial charge in [-0.2, -0.15) is 0 Å². The monoisotopic (exact) mass is 595 g/mol. The Labute approximate surface area is 259 Å². The van der Waals surface area contributed by atoms with Crippen LogP contribution in [0.4, 0.5) is 10.5 Å². The molecular formula is C36H41N3O5. The molecule has 3 amide bonds. The lowest BCUT2D eigenvalue weighted by molar-refractivity contribution is -0.142. The van der Waals surface area contributed by atoms with E-state index in [1.54, 1.807) is 32.9 Å². The summed E-state index contributed by atoms with van der Waals surface area (Å²) >= 11 is 0. The number of rotatable bonds is 9. The van der Waals surface area contributed by atoms with Crippen LogP contribution < -0.4 is 10.6 Å². The smallest absolute Gasteiger partial charge is 0.408 e. The van der Waals surface area contributed by atoms with Crippen LogP contribution >= 0.6 is 0 Å². The molecule has 44 heavy (non-hydrogen) atoms. The van der Waals surface area contributed by atoms with Gasteiger partial charge < -0.3 is 25.4 Å². The van der Waals surface area contributed by atoms with Crippen LogP contribution in [0.3, 0.4) is 0 Å². The number of aryl methyl sites for hydroxylation is 1. The second-order valence-electron chi connectivity index (χ2n) is 12.3. The molecule has 0 aliphatic heterocycles. The summed E-state index contributed by atoms with van der Waals surface area (Å²) < 4.78 is 5.50. The Morgan fingerprint density at radius 2 is 1.50 bits per heavy atom. The molecule has 0 saturated heterocycles. The number of fused-ring (bicyclic) bond motifs is 1. The highest BCUT2D eigenvalue weighted by Gasteiger charge is 2.38. The molecule has 0 fully saturated rings. The molecule has 4 aromatic rings. The lowest BCUT2D eigenvalue weighted by Crippen LogP contribution is -2.55. The molecule has 0 saturated carbocycles. The lowest BCUT2D eigenvalue weighted by atomic mass is 9.98. The Bertz CT molecular complexity index is 1610. The molecule has 0 aromatic heterocycles. The van der Waals surface area contributed by atoms with E-state index in [0.717, 1.165) is 16.3 Å². The van der Waals surface area contributed by atoms with Gasteiger partial charge in [0.1, 0.15) is 23.4 Å². The fourth-order valence-corrected chi connectivity index (χ4v) is 5.04. The van der Waals surface area contributed by atoms with Crippen molar-refractivity contribution < 1.29 is 24.2 Å². The number of amides is 3. The number of anilines is 1. The molecular weight excluding hydrogens is 554 g/mol. The molecule has 0 bridgehead atoms. The highest BCUT2D eigenvalue weighted by molar-refractivity contribution is 6.00. The van der Waals surface area contributed by atoms with E-state index in [0.29, 0.717) is 16.8 Å². The zero-order valence-corrected chi connectivity index (χ0v) is 26.1. The molecule has 0 spiro atoms. The molecule has 2 unspecified atom stereocenters. The minimum Gasteiger partial charge on any atom is -0.508 e. The molecule has 0 heterocycles. The number of phenols is 1. The number of alkyl carbamates (subject to hydrolysis) is 1. The number of nitrogens with zero attached hydrogens (tertiary/aromatic N) is 1. The Morgan fingerprint density at radius 3 is 2.11 bits per heavy atom. The summed E-state index contributed by atoms with van der Waals surface area (Å²) in [5.74, 6) is -0.740. The van der Waals surface area contributed by atoms with E-state index >= 15 is 0 Å². The average molecular weight is 596 g/mol. The van der Waals surface area contributed by atoms with E-state index in [1.807, 2.05) is 87.5 Å². The van der Waals surface area contributed by atoms with Gasteiger partial charge in [-0.3, -0.25) is 9.59 Å². The summed E-state index contributed by atoms with van der Waals surface area (Å²) in [5.41, 5.74) is 2.19. The Balaban J connectivity index is 1.73. The number of ether oxygens (including phenoxy) is 1. The van der Waals surface area contributed by atoms with Crippen molar-refractivity contribution in [3.63, 3.8) is 0 Å². The molecule has 8 nitrogen and oxygen atoms in total. The lowest BCUT2D eigenvalue weighted by Gasteiger charge is -2.37. The van der Waals surface area contributed by atoms with Crippen molar-refractivity contribution >= 4 is 34.4 Å². The van der Waals surface area contributed by atoms with Crippen molar-refractivity contribution in [2.45, 2.75) is 71.7 Å². The number of hydrogen-bond donors (Lipinski definition) is 3. The summed E-state index contributed by atoms with van der Waals surface area (Å²) in [6.07, 6.45) is -0.625. The summed E-state index contributed by atoms with van der Waals surface area (Å²) in [5, 5.41) is 17.6. The molecule has 0 aliphatic rings. The van der Waals surface area contributed by atoms with Crippen molar-refractivity contribution in [2.75, 3.05) is 5.32 Å². The normalized spacial score (nSPS) is 12.8. The highest BCUT2D eigenvalue weighted by Crippen LogP contribution is 2.28. The molecule has 4 aromatic carbocycles. The maximum atomic E-state index is 14.5. The maximum absolute atomic E-state index is 14.5. The second-order valence-corrected chi connectivity index (χ2v) is 12.3. The van der Waals surface area contributed by atoms with Crippen LogP contribution in [0, 0.1) is 6.92 Å². The van der Waals surface area contributed by atoms with Crippen LogP contribution in [0.5, 0.6) is 5.75 Å². The standard InChI is InChI=1S/C36H41N3O5/c1-23(2)39(34(42)31(38-35(43)44-36(4,5)6)21-25-13-19-30(40)20-14-25)32(27-15-11-24(3)12-16-27)33(41)37-29-18-17-26-9-7-8-10-28(26)22-29/h7-20,22-23,31-32,40H,21H2,1-6H3,(H,37,41)(H,38,43). The van der Waals surface area contributed by atoms with E-state index in [9.17, 15) is 19.5 Å². The summed E-state index contributed by atoms with van der Waals surface area (Å²) in [6, 6.07) is 25.0. The fraction of sp³-hybridized carbons (Fsp3) is 0.306. The second kappa shape index (κ2) is 13.6. The average Bonchev–Trinajstić information content (AvgIpc) is 2.95. The number of nitrogens with one attached hydrogen (secondary N) is 2. The predicted molar refractivity (Wildman–Crippen MR) is 173 cm³/mol. The third-order valence-electron chi connectivity index (χ3n) is 7.11. The topological polar surface area (TPSA) is 108 Å². The van der Waals surface area contributed by atoms with Crippen molar-refractivity contribution in [1.82, 2.24) is 10.2 Å². The Hall–Kier alpha value is -4.85. The Kier molecular flexibility index (Phi) is 9.94. The summed E-state index contributed by atoms with van der Waals surface area (Å²) in [4.78, 5) is 43.1. The zero-order valence-electron chi connectivity index (χ0n) is 26.1. The van der Waals surface area contributed by atoms with Gasteiger partial charge in [0.2, 0.25) is 5.91 Å². The van der Waals surface area contributed by atoms with Crippen LogP contribution in [0.15, 0.2) is 91.0 Å². The molecule has 2 atom stereocenters. The SMILES string of the molecule is Cc1ccc(C(C(=O)Nc2ccc3ccccc3c2)N(C(=O)C(Cc2ccc(O)cc2)NC(=O)OC(C)(C)C)C(C)C)cc1. The van der Waals surface area contributed by atoms with Gasteiger partial charge >= 0.3 is 6.09 Å². The van der Waals surface area contributed by atoms with E-state index in [-0.39, 0.29) is 18.1 Å². The van der Waals surface area contributed by atoms with Crippen molar-refractivity contribution in [3.8, 4) is 5.75 Å². The third-order valence-corrected chi connectivity index (χ3v) is 7.11. The number of phenolic OH excluding ortho intramolecular Hbond substituents is 1. The molecule has 3 N–H and O–H groups in total. The van der Waals surface area contributed by atoms with Gasteiger partial charge in [-0.1, -0.05) is 72.3 Å².